The van der Waals surface area contributed by atoms with Crippen molar-refractivity contribution in [2.45, 2.75) is 0 Å². The zero-order valence-corrected chi connectivity index (χ0v) is 153. The summed E-state index contributed by atoms with van der Waals surface area (Å²) in [5.41, 5.74) is 0. The minimum atomic E-state index is 0. The van der Waals surface area contributed by atoms with Crippen molar-refractivity contribution in [1.29, 1.82) is 0 Å². The molecule has 0 saturated carbocycles. The van der Waals surface area contributed by atoms with Crippen molar-refractivity contribution in [2.75, 3.05) is 0 Å². The molecule has 0 N–H and O–H groups in total. The molecule has 0 fully saturated rings. The van der Waals surface area contributed by atoms with Crippen LogP contribution >= 0.6 is 0 Å². The molecular formula is H43K37. The van der Waals surface area contributed by atoms with E-state index in [0.717, 1.165) is 0 Å². The Hall–Kier alpha value is 60.5. The monoisotopic (exact) mass is 1480 g/mol. The summed E-state index contributed by atoms with van der Waals surface area (Å²) in [5, 5.41) is 0. The van der Waals surface area contributed by atoms with E-state index in [1.807, 2.05) is 0 Å². The van der Waals surface area contributed by atoms with Gasteiger partial charge in [-0.3, -0.25) is 0 Å². The van der Waals surface area contributed by atoms with Crippen LogP contribution in [-0.2, 0) is 0 Å². The molecule has 0 rings (SSSR count). The standard InChI is InChI=1S/37K.3H2.37H/h;;;;;;;;;;;;;;;;;;;;;;;;;;;;;;;;;;;;;3*1H;;;;;;;;;;;;;;;;;;;;;;;;;;;;;;;;;;;;;/q37*+1;;;;37*-1. The molecule has 0 aromatic rings. The van der Waals surface area contributed by atoms with Crippen LogP contribution in [0.3, 0.4) is 0 Å². The fraction of sp³-hybridized carbons (Fsp3) is 0. The van der Waals surface area contributed by atoms with E-state index in [4.69, 9.17) is 0 Å². The average molecular weight is 1490 g/mol. The third-order valence-corrected chi connectivity index (χ3v) is 0. The second-order valence-corrected chi connectivity index (χ2v) is 0. The zero-order valence-electron chi connectivity index (χ0n) is 74.0. The van der Waals surface area contributed by atoms with Gasteiger partial charge in [-0.25, -0.2) is 0 Å². The molecule has 37 heteroatoms. The van der Waals surface area contributed by atoms with Crippen LogP contribution in [0.4, 0.5) is 0 Å². The third-order valence-electron chi connectivity index (χ3n) is 0. The topological polar surface area (TPSA) is 0 Å². The molecule has 0 aromatic carbocycles. The summed E-state index contributed by atoms with van der Waals surface area (Å²) in [6.45, 7) is 0. The molecule has 0 unspecified atom stereocenters. The first kappa shape index (κ1) is 248. The van der Waals surface area contributed by atoms with Gasteiger partial charge in [0.05, 0.1) is 0 Å². The van der Waals surface area contributed by atoms with Gasteiger partial charge in [-0.1, -0.05) is 0 Å². The second-order valence-electron chi connectivity index (χ2n) is 0. The Kier molecular flexibility index (Phi) is 1610. The van der Waals surface area contributed by atoms with Crippen molar-refractivity contribution in [3.8, 4) is 0 Å². The molecule has 0 heterocycles. The van der Waals surface area contributed by atoms with Gasteiger partial charge in [0.1, 0.15) is 0 Å². The fourth-order valence-electron chi connectivity index (χ4n) is 0. The van der Waals surface area contributed by atoms with Gasteiger partial charge in [0, 0.05) is 4.28 Å². The Morgan fingerprint density at radius 3 is 0.0811 bits per heavy atom. The summed E-state index contributed by atoms with van der Waals surface area (Å²) in [4.78, 5) is 0. The molecule has 80 valence electrons. The normalized spacial score (nSPS) is 0. The molecule has 0 aromatic heterocycles. The van der Waals surface area contributed by atoms with Crippen LogP contribution in [0, 0.1) is 0 Å². The maximum absolute atomic E-state index is 0. The summed E-state index contributed by atoms with van der Waals surface area (Å²) in [6.07, 6.45) is 0. The van der Waals surface area contributed by atoms with Gasteiger partial charge in [0.25, 0.3) is 0 Å². The van der Waals surface area contributed by atoms with E-state index in [1.165, 1.54) is 0 Å². The molecular weight excluding hydrogens is 1450 g/mol. The van der Waals surface area contributed by atoms with E-state index in [-0.39, 0.29) is 1960 Å². The molecule has 0 aliphatic carbocycles. The largest absolute Gasteiger partial charge is 1.00 e. The van der Waals surface area contributed by atoms with Gasteiger partial charge in [0.2, 0.25) is 0 Å². The maximum atomic E-state index is 0. The van der Waals surface area contributed by atoms with Crippen LogP contribution in [0.15, 0.2) is 0 Å². The van der Waals surface area contributed by atoms with E-state index < -0.39 is 0 Å². The molecule has 37 heavy (non-hydrogen) atoms. The van der Waals surface area contributed by atoms with Gasteiger partial charge in [-0.15, -0.1) is 0 Å². The van der Waals surface area contributed by atoms with E-state index in [2.05, 4.69) is 0 Å². The van der Waals surface area contributed by atoms with Gasteiger partial charge in [0.15, 0.2) is 0 Å². The minimum absolute atomic E-state index is 0. The minimum Gasteiger partial charge on any atom is -1.00 e. The summed E-state index contributed by atoms with van der Waals surface area (Å²) in [5.74, 6) is 0. The van der Waals surface area contributed by atoms with Crippen molar-refractivity contribution in [3.63, 3.8) is 0 Å². The summed E-state index contributed by atoms with van der Waals surface area (Å²) in [6, 6.07) is 0. The van der Waals surface area contributed by atoms with E-state index in [9.17, 15) is 0 Å². The van der Waals surface area contributed by atoms with Crippen LogP contribution < -0.4 is 1900 Å². The Morgan fingerprint density at radius 2 is 0.0811 bits per heavy atom. The molecule has 0 spiro atoms. The SMILES string of the molecule is [H-].[H-].[H-].[H-].[H-].[H-].[H-].[H-].[H-].[H-].[H-].[H-].[H-].[H-].[H-].[H-].[H-].[H-].[H-].[H-].[H-].[H-].[H-].[H-].[H-].[H-].[H-].[H-].[H-].[H-].[H-].[H-].[H-].[H-].[H-].[H-].[H-].[HH].[HH].[HH].[K+].[K+].[K+].[K+].[K+].[K+].[K+].[K+].[K+].[K+].[K+].[K+].[K+].[K+].[K+].[K+].[K+].[K+].[K+].[K+].[K+].[K+].[K+].[K+].[K+].[K+].[K+].[K+].[K+].[K+].[K+].[K+].[K+].[K+].[K+].[K+].[K+]. The summed E-state index contributed by atoms with van der Waals surface area (Å²) < 4.78 is 0. The fourth-order valence-corrected chi connectivity index (χ4v) is 0. The predicted octanol–water partition coefficient (Wildman–Crippen LogP) is -106. The van der Waals surface area contributed by atoms with E-state index >= 15 is 0 Å². The van der Waals surface area contributed by atoms with Crippen molar-refractivity contribution in [2.24, 2.45) is 0 Å². The van der Waals surface area contributed by atoms with Crippen LogP contribution in [-0.4, -0.2) is 0 Å². The van der Waals surface area contributed by atoms with Gasteiger partial charge >= 0.3 is 1900 Å². The number of hydrogen-bond acceptors (Lipinski definition) is 0. The molecule has 0 saturated heterocycles. The van der Waals surface area contributed by atoms with Crippen molar-refractivity contribution in [1.82, 2.24) is 0 Å². The van der Waals surface area contributed by atoms with Gasteiger partial charge < -0.3 is 52.8 Å². The molecule has 0 nitrogen and oxygen atoms in total. The first-order valence-electron chi connectivity index (χ1n) is 0. The quantitative estimate of drug-likeness (QED) is 0.212. The van der Waals surface area contributed by atoms with Gasteiger partial charge in [-0.2, -0.15) is 0 Å². The Balaban J connectivity index is 0. The van der Waals surface area contributed by atoms with E-state index in [0.29, 0.717) is 0 Å². The average Bonchev–Trinajstić information content (AvgIpc) is 0. The van der Waals surface area contributed by atoms with Crippen LogP contribution in [0.25, 0.3) is 0 Å². The molecule has 0 aliphatic rings. The maximum Gasteiger partial charge on any atom is 1.00 e. The molecule has 0 aliphatic heterocycles. The van der Waals surface area contributed by atoms with Crippen molar-refractivity contribution >= 4 is 0 Å². The summed E-state index contributed by atoms with van der Waals surface area (Å²) in [7, 11) is 0. The van der Waals surface area contributed by atoms with Crippen molar-refractivity contribution < 1.29 is 1960 Å². The molecule has 0 radical (unpaired) electrons. The Bertz CT molecular complexity index is 76.9. The zero-order chi connectivity index (χ0) is 0. The van der Waals surface area contributed by atoms with Crippen LogP contribution in [0.5, 0.6) is 0 Å². The number of rotatable bonds is 0. The first-order valence-corrected chi connectivity index (χ1v) is 0. The first-order chi connectivity index (χ1) is 0. The molecule has 0 bridgehead atoms. The second kappa shape index (κ2) is 240. The smallest absolute Gasteiger partial charge is 1.00 e. The predicted molar refractivity (Wildman–Crippen MR) is 47.5 cm³/mol. The van der Waals surface area contributed by atoms with Crippen LogP contribution in [0.2, 0.25) is 0 Å². The summed E-state index contributed by atoms with van der Waals surface area (Å²) >= 11 is 0. The van der Waals surface area contributed by atoms with Gasteiger partial charge in [-0.05, 0) is 0 Å². The molecule has 0 amide bonds. The number of hydrogen-bond donors (Lipinski definition) is 0. The Labute approximate surface area is 1870 Å². The van der Waals surface area contributed by atoms with Crippen molar-refractivity contribution in [3.05, 3.63) is 0 Å². The van der Waals surface area contributed by atoms with Crippen LogP contribution in [0.1, 0.15) is 57.1 Å². The molecule has 0 atom stereocenters. The Morgan fingerprint density at radius 1 is 0.0811 bits per heavy atom. The van der Waals surface area contributed by atoms with E-state index in [1.54, 1.807) is 0 Å². The third kappa shape index (κ3) is 235.